The molecule has 1 heterocycles. The highest BCUT2D eigenvalue weighted by Crippen LogP contribution is 2.07. The Morgan fingerprint density at radius 3 is 3.00 bits per heavy atom. The molecular formula is C10H14O2Si. The fraction of sp³-hybridized carbons (Fsp3) is 0.400. The zero-order valence-corrected chi connectivity index (χ0v) is 9.24. The third-order valence-electron chi connectivity index (χ3n) is 2.22. The van der Waals surface area contributed by atoms with Gasteiger partial charge >= 0.3 is 0 Å². The van der Waals surface area contributed by atoms with Crippen molar-refractivity contribution in [2.24, 2.45) is 0 Å². The molecule has 0 bridgehead atoms. The van der Waals surface area contributed by atoms with Crippen LogP contribution in [0.2, 0.25) is 0 Å². The SMILES string of the molecule is Cc1ccccc1[SiH2]OCC1CO1. The number of epoxide rings is 1. The summed E-state index contributed by atoms with van der Waals surface area (Å²) in [5.74, 6) is 0. The molecule has 70 valence electrons. The lowest BCUT2D eigenvalue weighted by Crippen LogP contribution is -2.21. The molecule has 1 unspecified atom stereocenters. The molecule has 1 saturated heterocycles. The van der Waals surface area contributed by atoms with Gasteiger partial charge in [0.05, 0.1) is 13.2 Å². The zero-order valence-electron chi connectivity index (χ0n) is 7.82. The molecule has 3 heteroatoms. The summed E-state index contributed by atoms with van der Waals surface area (Å²) in [6.45, 7) is 3.82. The molecule has 1 aliphatic rings. The average molecular weight is 194 g/mol. The quantitative estimate of drug-likeness (QED) is 0.501. The van der Waals surface area contributed by atoms with Crippen LogP contribution >= 0.6 is 0 Å². The molecule has 13 heavy (non-hydrogen) atoms. The van der Waals surface area contributed by atoms with Crippen LogP contribution in [0.15, 0.2) is 24.3 Å². The van der Waals surface area contributed by atoms with Crippen LogP contribution < -0.4 is 5.19 Å². The first-order valence-corrected chi connectivity index (χ1v) is 5.88. The average Bonchev–Trinajstić information content (AvgIpc) is 2.92. The van der Waals surface area contributed by atoms with Gasteiger partial charge in [0.25, 0.3) is 0 Å². The first-order chi connectivity index (χ1) is 6.36. The van der Waals surface area contributed by atoms with Crippen molar-refractivity contribution < 1.29 is 9.16 Å². The predicted octanol–water partition coefficient (Wildman–Crippen LogP) is 0.120. The molecule has 1 aromatic rings. The maximum atomic E-state index is 5.64. The Kier molecular flexibility index (Phi) is 2.78. The molecule has 1 atom stereocenters. The molecule has 0 amide bonds. The van der Waals surface area contributed by atoms with E-state index in [1.165, 1.54) is 10.8 Å². The smallest absolute Gasteiger partial charge is 0.192 e. The lowest BCUT2D eigenvalue weighted by atomic mass is 10.2. The van der Waals surface area contributed by atoms with Gasteiger partial charge in [-0.2, -0.15) is 0 Å². The van der Waals surface area contributed by atoms with Crippen LogP contribution in [0.3, 0.4) is 0 Å². The minimum absolute atomic E-state index is 0.400. The van der Waals surface area contributed by atoms with Gasteiger partial charge in [-0.3, -0.25) is 0 Å². The lowest BCUT2D eigenvalue weighted by Gasteiger charge is -2.04. The lowest BCUT2D eigenvalue weighted by molar-refractivity contribution is 0.277. The van der Waals surface area contributed by atoms with Crippen molar-refractivity contribution in [2.75, 3.05) is 13.2 Å². The van der Waals surface area contributed by atoms with Crippen molar-refractivity contribution in [1.29, 1.82) is 0 Å². The van der Waals surface area contributed by atoms with Crippen LogP contribution in [0, 0.1) is 6.92 Å². The van der Waals surface area contributed by atoms with E-state index in [4.69, 9.17) is 9.16 Å². The Balaban J connectivity index is 1.82. The molecular weight excluding hydrogens is 180 g/mol. The topological polar surface area (TPSA) is 21.8 Å². The highest BCUT2D eigenvalue weighted by Gasteiger charge is 2.21. The van der Waals surface area contributed by atoms with Crippen LogP contribution in [0.1, 0.15) is 5.56 Å². The summed E-state index contributed by atoms with van der Waals surface area (Å²) in [5.41, 5.74) is 1.35. The second kappa shape index (κ2) is 4.04. The van der Waals surface area contributed by atoms with Gasteiger partial charge in [-0.05, 0) is 12.1 Å². The van der Waals surface area contributed by atoms with Crippen molar-refractivity contribution in [2.45, 2.75) is 13.0 Å². The molecule has 1 fully saturated rings. The summed E-state index contributed by atoms with van der Waals surface area (Å²) in [5, 5.41) is 1.41. The van der Waals surface area contributed by atoms with Crippen LogP contribution in [0.25, 0.3) is 0 Å². The minimum atomic E-state index is -0.523. The molecule has 0 aliphatic carbocycles. The van der Waals surface area contributed by atoms with E-state index in [9.17, 15) is 0 Å². The fourth-order valence-electron chi connectivity index (χ4n) is 1.24. The van der Waals surface area contributed by atoms with E-state index in [0.717, 1.165) is 13.2 Å². The van der Waals surface area contributed by atoms with Crippen molar-refractivity contribution in [1.82, 2.24) is 0 Å². The highest BCUT2D eigenvalue weighted by molar-refractivity contribution is 6.47. The summed E-state index contributed by atoms with van der Waals surface area (Å²) in [7, 11) is -0.523. The maximum absolute atomic E-state index is 5.64. The number of aryl methyl sites for hydroxylation is 1. The number of ether oxygens (including phenoxy) is 1. The maximum Gasteiger partial charge on any atom is 0.192 e. The van der Waals surface area contributed by atoms with Gasteiger partial charge in [-0.15, -0.1) is 0 Å². The van der Waals surface area contributed by atoms with Gasteiger partial charge in [-0.25, -0.2) is 0 Å². The second-order valence-corrected chi connectivity index (χ2v) is 4.86. The zero-order chi connectivity index (χ0) is 9.10. The standard InChI is InChI=1S/C10H14O2Si/c1-8-4-2-3-5-10(8)13-12-7-9-6-11-9/h2-5,9H,6-7,13H2,1H3. The minimum Gasteiger partial charge on any atom is -0.416 e. The number of rotatable bonds is 4. The van der Waals surface area contributed by atoms with Crippen molar-refractivity contribution >= 4 is 14.9 Å². The molecule has 1 aromatic carbocycles. The van der Waals surface area contributed by atoms with Gasteiger partial charge in [0.1, 0.15) is 6.10 Å². The first kappa shape index (κ1) is 8.93. The van der Waals surface area contributed by atoms with Crippen LogP contribution in [-0.4, -0.2) is 29.1 Å². The van der Waals surface area contributed by atoms with E-state index in [1.54, 1.807) is 0 Å². The molecule has 0 N–H and O–H groups in total. The van der Waals surface area contributed by atoms with Gasteiger partial charge in [0.2, 0.25) is 0 Å². The van der Waals surface area contributed by atoms with E-state index in [2.05, 4.69) is 31.2 Å². The Morgan fingerprint density at radius 2 is 2.31 bits per heavy atom. The predicted molar refractivity (Wildman–Crippen MR) is 55.0 cm³/mol. The summed E-state index contributed by atoms with van der Waals surface area (Å²) in [4.78, 5) is 0. The summed E-state index contributed by atoms with van der Waals surface area (Å²) < 4.78 is 10.7. The molecule has 2 nitrogen and oxygen atoms in total. The first-order valence-electron chi connectivity index (χ1n) is 4.60. The summed E-state index contributed by atoms with van der Waals surface area (Å²) in [6.07, 6.45) is 0.400. The van der Waals surface area contributed by atoms with Gasteiger partial charge < -0.3 is 9.16 Å². The number of hydrogen-bond acceptors (Lipinski definition) is 2. The molecule has 0 spiro atoms. The third-order valence-corrected chi connectivity index (χ3v) is 3.77. The normalized spacial score (nSPS) is 21.2. The molecule has 2 rings (SSSR count). The van der Waals surface area contributed by atoms with Gasteiger partial charge in [0, 0.05) is 0 Å². The third kappa shape index (κ3) is 2.65. The largest absolute Gasteiger partial charge is 0.416 e. The van der Waals surface area contributed by atoms with E-state index in [1.807, 2.05) is 0 Å². The fourth-order valence-corrected chi connectivity index (χ4v) is 2.42. The van der Waals surface area contributed by atoms with Gasteiger partial charge in [-0.1, -0.05) is 29.8 Å². The van der Waals surface area contributed by atoms with Crippen molar-refractivity contribution in [3.05, 3.63) is 29.8 Å². The monoisotopic (exact) mass is 194 g/mol. The second-order valence-electron chi connectivity index (χ2n) is 3.40. The van der Waals surface area contributed by atoms with Crippen LogP contribution in [0.5, 0.6) is 0 Å². The van der Waals surface area contributed by atoms with E-state index < -0.39 is 9.76 Å². The molecule has 1 aliphatic heterocycles. The molecule has 0 radical (unpaired) electrons. The Morgan fingerprint density at radius 1 is 1.54 bits per heavy atom. The van der Waals surface area contributed by atoms with Crippen molar-refractivity contribution in [3.8, 4) is 0 Å². The Hall–Kier alpha value is -0.643. The van der Waals surface area contributed by atoms with E-state index >= 15 is 0 Å². The van der Waals surface area contributed by atoms with Crippen LogP contribution in [-0.2, 0) is 9.16 Å². The summed E-state index contributed by atoms with van der Waals surface area (Å²) >= 11 is 0. The molecule has 0 aromatic heterocycles. The van der Waals surface area contributed by atoms with E-state index in [-0.39, 0.29) is 0 Å². The summed E-state index contributed by atoms with van der Waals surface area (Å²) in [6, 6.07) is 8.44. The number of hydrogen-bond donors (Lipinski definition) is 0. The van der Waals surface area contributed by atoms with Gasteiger partial charge in [0.15, 0.2) is 9.76 Å². The number of benzene rings is 1. The highest BCUT2D eigenvalue weighted by atomic mass is 28.2. The Bertz CT molecular complexity index is 284. The Labute approximate surface area is 80.8 Å². The van der Waals surface area contributed by atoms with Crippen molar-refractivity contribution in [3.63, 3.8) is 0 Å². The molecule has 0 saturated carbocycles. The van der Waals surface area contributed by atoms with E-state index in [0.29, 0.717) is 6.10 Å². The van der Waals surface area contributed by atoms with Crippen LogP contribution in [0.4, 0.5) is 0 Å².